The number of hydrogen-bond donors (Lipinski definition) is 1. The van der Waals surface area contributed by atoms with Gasteiger partial charge in [-0.25, -0.2) is 8.42 Å². The molecule has 0 aliphatic rings. The molecule has 1 amide bonds. The highest BCUT2D eigenvalue weighted by Gasteiger charge is 2.29. The number of sulfonamides is 1. The summed E-state index contributed by atoms with van der Waals surface area (Å²) in [4.78, 5) is 13.0. The third-order valence-corrected chi connectivity index (χ3v) is 6.95. The fourth-order valence-electron chi connectivity index (χ4n) is 3.38. The summed E-state index contributed by atoms with van der Waals surface area (Å²) in [7, 11) is -3.88. The van der Waals surface area contributed by atoms with Crippen LogP contribution in [0.1, 0.15) is 38.8 Å². The fourth-order valence-corrected chi connectivity index (χ4v) is 4.81. The minimum Gasteiger partial charge on any atom is -0.351 e. The van der Waals surface area contributed by atoms with Crippen molar-refractivity contribution in [2.45, 2.75) is 52.5 Å². The number of nitrogens with one attached hydrogen (secondary N) is 1. The number of aryl methyl sites for hydroxylation is 2. The minimum absolute atomic E-state index is 0.0245. The Morgan fingerprint density at radius 1 is 0.931 bits per heavy atom. The molecule has 2 aromatic rings. The second kappa shape index (κ2) is 9.44. The van der Waals surface area contributed by atoms with Crippen LogP contribution in [0.5, 0.6) is 0 Å². The van der Waals surface area contributed by atoms with E-state index in [9.17, 15) is 13.2 Å². The molecule has 0 unspecified atom stereocenters. The fraction of sp³-hybridized carbons (Fsp3) is 0.435. The van der Waals surface area contributed by atoms with Crippen molar-refractivity contribution < 1.29 is 13.2 Å². The maximum Gasteiger partial charge on any atom is 0.264 e. The van der Waals surface area contributed by atoms with E-state index in [-0.39, 0.29) is 35.2 Å². The molecule has 0 bridgehead atoms. The molecular weight excluding hydrogens is 384 g/mol. The summed E-state index contributed by atoms with van der Waals surface area (Å²) in [6, 6.07) is 13.6. The van der Waals surface area contributed by atoms with Gasteiger partial charge in [-0.2, -0.15) is 0 Å². The number of carbonyl (C=O) groups excluding carboxylic acids is 1. The minimum atomic E-state index is -3.88. The summed E-state index contributed by atoms with van der Waals surface area (Å²) in [5, 5.41) is 3.02. The Morgan fingerprint density at radius 3 is 2.03 bits per heavy atom. The van der Waals surface area contributed by atoms with Crippen LogP contribution in [-0.4, -0.2) is 26.9 Å². The molecule has 0 spiro atoms. The van der Waals surface area contributed by atoms with Crippen LogP contribution in [0.2, 0.25) is 0 Å². The van der Waals surface area contributed by atoms with Crippen molar-refractivity contribution in [1.29, 1.82) is 0 Å². The lowest BCUT2D eigenvalue weighted by Gasteiger charge is -2.29. The van der Waals surface area contributed by atoms with E-state index in [2.05, 4.69) is 5.32 Å². The van der Waals surface area contributed by atoms with Crippen molar-refractivity contribution in [3.63, 3.8) is 0 Å². The van der Waals surface area contributed by atoms with Crippen LogP contribution < -0.4 is 9.62 Å². The molecule has 0 radical (unpaired) electrons. The van der Waals surface area contributed by atoms with Crippen LogP contribution in [0.15, 0.2) is 53.4 Å². The number of nitrogens with zero attached hydrogens (tertiary/aromatic N) is 1. The monoisotopic (exact) mass is 416 g/mol. The molecule has 29 heavy (non-hydrogen) atoms. The van der Waals surface area contributed by atoms with Crippen molar-refractivity contribution in [3.05, 3.63) is 59.7 Å². The highest BCUT2D eigenvalue weighted by Crippen LogP contribution is 2.25. The standard InChI is InChI=1S/C23H32N2O3S/c1-16(2)23(17(3)4)24-22(26)15-25(20-13-12-18(5)19(6)14-20)29(27,28)21-10-8-7-9-11-21/h7-14,16-17,23H,15H2,1-6H3,(H,24,26). The maximum absolute atomic E-state index is 13.4. The molecule has 0 saturated carbocycles. The van der Waals surface area contributed by atoms with E-state index >= 15 is 0 Å². The average Bonchev–Trinajstić information content (AvgIpc) is 2.66. The molecule has 6 heteroatoms. The first-order valence-corrected chi connectivity index (χ1v) is 11.4. The normalized spacial score (nSPS) is 11.9. The van der Waals surface area contributed by atoms with E-state index in [1.54, 1.807) is 36.4 Å². The molecule has 0 atom stereocenters. The predicted molar refractivity (Wildman–Crippen MR) is 118 cm³/mol. The molecule has 0 heterocycles. The van der Waals surface area contributed by atoms with Crippen LogP contribution in [0.4, 0.5) is 5.69 Å². The van der Waals surface area contributed by atoms with Gasteiger partial charge >= 0.3 is 0 Å². The van der Waals surface area contributed by atoms with Gasteiger partial charge in [0.25, 0.3) is 10.0 Å². The van der Waals surface area contributed by atoms with E-state index in [0.29, 0.717) is 5.69 Å². The Morgan fingerprint density at radius 2 is 1.52 bits per heavy atom. The number of carbonyl (C=O) groups is 1. The summed E-state index contributed by atoms with van der Waals surface area (Å²) in [5.74, 6) is 0.189. The molecular formula is C23H32N2O3S. The van der Waals surface area contributed by atoms with Gasteiger partial charge in [0.2, 0.25) is 5.91 Å². The zero-order chi connectivity index (χ0) is 21.8. The smallest absolute Gasteiger partial charge is 0.264 e. The molecule has 1 N–H and O–H groups in total. The van der Waals surface area contributed by atoms with Gasteiger partial charge in [-0.05, 0) is 61.1 Å². The molecule has 0 saturated heterocycles. The zero-order valence-electron chi connectivity index (χ0n) is 18.1. The van der Waals surface area contributed by atoms with Gasteiger partial charge in [0.15, 0.2) is 0 Å². The van der Waals surface area contributed by atoms with Crippen molar-refractivity contribution >= 4 is 21.6 Å². The van der Waals surface area contributed by atoms with E-state index in [0.717, 1.165) is 11.1 Å². The summed E-state index contributed by atoms with van der Waals surface area (Å²) in [6.45, 7) is 11.8. The van der Waals surface area contributed by atoms with E-state index in [1.807, 2.05) is 53.7 Å². The Bertz CT molecular complexity index is 930. The lowest BCUT2D eigenvalue weighted by molar-refractivity contribution is -0.121. The van der Waals surface area contributed by atoms with E-state index in [4.69, 9.17) is 0 Å². The maximum atomic E-state index is 13.4. The van der Waals surface area contributed by atoms with Crippen LogP contribution in [0, 0.1) is 25.7 Å². The first-order chi connectivity index (χ1) is 13.5. The summed E-state index contributed by atoms with van der Waals surface area (Å²) >= 11 is 0. The van der Waals surface area contributed by atoms with Gasteiger partial charge < -0.3 is 5.32 Å². The van der Waals surface area contributed by atoms with Crippen molar-refractivity contribution in [2.75, 3.05) is 10.8 Å². The number of amides is 1. The quantitative estimate of drug-likeness (QED) is 0.698. The molecule has 0 aliphatic heterocycles. The van der Waals surface area contributed by atoms with Crippen molar-refractivity contribution in [3.8, 4) is 0 Å². The third-order valence-electron chi connectivity index (χ3n) is 5.16. The third kappa shape index (κ3) is 5.60. The Hall–Kier alpha value is -2.34. The Balaban J connectivity index is 2.42. The number of rotatable bonds is 8. The van der Waals surface area contributed by atoms with Gasteiger partial charge in [-0.15, -0.1) is 0 Å². The molecule has 0 fully saturated rings. The van der Waals surface area contributed by atoms with Crippen LogP contribution in [0.25, 0.3) is 0 Å². The van der Waals surface area contributed by atoms with Gasteiger partial charge in [0.1, 0.15) is 6.54 Å². The molecule has 0 aliphatic carbocycles. The molecule has 158 valence electrons. The lowest BCUT2D eigenvalue weighted by atomic mass is 9.93. The topological polar surface area (TPSA) is 66.5 Å². The van der Waals surface area contributed by atoms with Gasteiger partial charge in [0, 0.05) is 6.04 Å². The Kier molecular flexibility index (Phi) is 7.47. The van der Waals surface area contributed by atoms with E-state index < -0.39 is 10.0 Å². The summed E-state index contributed by atoms with van der Waals surface area (Å²) in [6.07, 6.45) is 0. The van der Waals surface area contributed by atoms with Gasteiger partial charge in [-0.1, -0.05) is 52.0 Å². The second-order valence-electron chi connectivity index (χ2n) is 8.17. The van der Waals surface area contributed by atoms with Crippen LogP contribution in [0.3, 0.4) is 0 Å². The van der Waals surface area contributed by atoms with Gasteiger partial charge in [-0.3, -0.25) is 9.10 Å². The van der Waals surface area contributed by atoms with Crippen LogP contribution >= 0.6 is 0 Å². The van der Waals surface area contributed by atoms with Gasteiger partial charge in [0.05, 0.1) is 10.6 Å². The SMILES string of the molecule is Cc1ccc(N(CC(=O)NC(C(C)C)C(C)C)S(=O)(=O)c2ccccc2)cc1C. The molecule has 2 aromatic carbocycles. The summed E-state index contributed by atoms with van der Waals surface area (Å²) in [5.41, 5.74) is 2.52. The number of hydrogen-bond acceptors (Lipinski definition) is 3. The highest BCUT2D eigenvalue weighted by molar-refractivity contribution is 7.92. The van der Waals surface area contributed by atoms with Crippen molar-refractivity contribution in [2.24, 2.45) is 11.8 Å². The molecule has 0 aromatic heterocycles. The second-order valence-corrected chi connectivity index (χ2v) is 10.0. The first-order valence-electron chi connectivity index (χ1n) is 9.98. The molecule has 5 nitrogen and oxygen atoms in total. The lowest BCUT2D eigenvalue weighted by Crippen LogP contribution is -2.47. The zero-order valence-corrected chi connectivity index (χ0v) is 19.0. The number of anilines is 1. The summed E-state index contributed by atoms with van der Waals surface area (Å²) < 4.78 is 27.9. The number of benzene rings is 2. The largest absolute Gasteiger partial charge is 0.351 e. The van der Waals surface area contributed by atoms with Crippen molar-refractivity contribution in [1.82, 2.24) is 5.32 Å². The van der Waals surface area contributed by atoms with E-state index in [1.165, 1.54) is 4.31 Å². The first kappa shape index (κ1) is 22.9. The molecule has 2 rings (SSSR count). The predicted octanol–water partition coefficient (Wildman–Crippen LogP) is 4.30. The Labute approximate surface area is 175 Å². The average molecular weight is 417 g/mol. The van der Waals surface area contributed by atoms with Crippen LogP contribution in [-0.2, 0) is 14.8 Å². The highest BCUT2D eigenvalue weighted by atomic mass is 32.2.